The average molecular weight is 290 g/mol. The molecule has 0 aliphatic carbocycles. The van der Waals surface area contributed by atoms with Crippen LogP contribution in [0.3, 0.4) is 0 Å². The number of carbonyl (C=O) groups excluding carboxylic acids is 2. The lowest BCUT2D eigenvalue weighted by Gasteiger charge is -2.20. The van der Waals surface area contributed by atoms with Gasteiger partial charge in [0, 0.05) is 6.04 Å². The zero-order valence-corrected chi connectivity index (χ0v) is 13.1. The van der Waals surface area contributed by atoms with E-state index in [1.807, 2.05) is 13.8 Å². The van der Waals surface area contributed by atoms with E-state index >= 15 is 0 Å². The zero-order valence-electron chi connectivity index (χ0n) is 12.3. The number of nitrogens with two attached hydrogens (primary N) is 1. The predicted molar refractivity (Wildman–Crippen MR) is 79.1 cm³/mol. The van der Waals surface area contributed by atoms with E-state index in [2.05, 4.69) is 10.1 Å². The molecule has 1 amide bonds. The van der Waals surface area contributed by atoms with Gasteiger partial charge >= 0.3 is 5.97 Å². The van der Waals surface area contributed by atoms with Crippen LogP contribution in [0.2, 0.25) is 0 Å². The van der Waals surface area contributed by atoms with Crippen LogP contribution in [0.1, 0.15) is 40.0 Å². The van der Waals surface area contributed by atoms with Crippen LogP contribution < -0.4 is 11.1 Å². The number of hydrogen-bond acceptors (Lipinski definition) is 5. The van der Waals surface area contributed by atoms with Crippen LogP contribution in [-0.4, -0.2) is 42.1 Å². The molecule has 1 atom stereocenters. The Hall–Kier alpha value is -0.750. The zero-order chi connectivity index (χ0) is 14.9. The highest BCUT2D eigenvalue weighted by Gasteiger charge is 2.28. The van der Waals surface area contributed by atoms with Crippen molar-refractivity contribution in [3.63, 3.8) is 0 Å². The average Bonchev–Trinajstić information content (AvgIpc) is 2.31. The normalized spacial score (nSPS) is 14.0. The van der Waals surface area contributed by atoms with Gasteiger partial charge in [-0.15, -0.1) is 0 Å². The standard InChI is InChI=1S/C13H26N2O3S/c1-10(2)15-11(16)9-19-8-6-5-7-13(3,14)12(17)18-4/h10H,5-9,14H2,1-4H3,(H,15,16). The summed E-state index contributed by atoms with van der Waals surface area (Å²) < 4.78 is 4.64. The van der Waals surface area contributed by atoms with Crippen LogP contribution in [0.5, 0.6) is 0 Å². The van der Waals surface area contributed by atoms with Crippen molar-refractivity contribution >= 4 is 23.6 Å². The topological polar surface area (TPSA) is 81.4 Å². The molecule has 0 aromatic heterocycles. The highest BCUT2D eigenvalue weighted by molar-refractivity contribution is 7.99. The van der Waals surface area contributed by atoms with Crippen LogP contribution in [-0.2, 0) is 14.3 Å². The third-order valence-electron chi connectivity index (χ3n) is 2.57. The van der Waals surface area contributed by atoms with Gasteiger partial charge in [-0.1, -0.05) is 6.42 Å². The van der Waals surface area contributed by atoms with Gasteiger partial charge in [-0.2, -0.15) is 11.8 Å². The first-order valence-electron chi connectivity index (χ1n) is 6.54. The van der Waals surface area contributed by atoms with E-state index in [0.717, 1.165) is 18.6 Å². The van der Waals surface area contributed by atoms with Crippen LogP contribution in [0, 0.1) is 0 Å². The van der Waals surface area contributed by atoms with Gasteiger partial charge in [0.1, 0.15) is 5.54 Å². The highest BCUT2D eigenvalue weighted by atomic mass is 32.2. The van der Waals surface area contributed by atoms with Crippen LogP contribution in [0.15, 0.2) is 0 Å². The molecule has 19 heavy (non-hydrogen) atoms. The summed E-state index contributed by atoms with van der Waals surface area (Å²) in [4.78, 5) is 22.7. The fraction of sp³-hybridized carbons (Fsp3) is 0.846. The Balaban J connectivity index is 3.61. The molecular formula is C13H26N2O3S. The number of hydrogen-bond donors (Lipinski definition) is 2. The summed E-state index contributed by atoms with van der Waals surface area (Å²) >= 11 is 1.60. The molecule has 0 aliphatic heterocycles. The first kappa shape index (κ1) is 18.2. The molecule has 0 spiro atoms. The molecule has 0 aromatic rings. The van der Waals surface area contributed by atoms with Crippen LogP contribution in [0.25, 0.3) is 0 Å². The molecule has 0 fully saturated rings. The SMILES string of the molecule is COC(=O)C(C)(N)CCCCSCC(=O)NC(C)C. The molecule has 0 radical (unpaired) electrons. The minimum absolute atomic E-state index is 0.0678. The molecule has 1 unspecified atom stereocenters. The van der Waals surface area contributed by atoms with Crippen molar-refractivity contribution in [1.29, 1.82) is 0 Å². The molecule has 6 heteroatoms. The summed E-state index contributed by atoms with van der Waals surface area (Å²) in [6.45, 7) is 5.57. The van der Waals surface area contributed by atoms with Gasteiger partial charge in [-0.3, -0.25) is 9.59 Å². The Morgan fingerprint density at radius 2 is 2.00 bits per heavy atom. The molecule has 0 aromatic carbocycles. The minimum Gasteiger partial charge on any atom is -0.468 e. The molecule has 0 saturated heterocycles. The summed E-state index contributed by atoms with van der Waals surface area (Å²) in [5.74, 6) is 1.06. The van der Waals surface area contributed by atoms with Crippen molar-refractivity contribution in [2.45, 2.75) is 51.6 Å². The first-order chi connectivity index (χ1) is 8.79. The molecule has 0 bridgehead atoms. The quantitative estimate of drug-likeness (QED) is 0.494. The second-order valence-corrected chi connectivity index (χ2v) is 6.25. The number of rotatable bonds is 9. The highest BCUT2D eigenvalue weighted by Crippen LogP contribution is 2.14. The summed E-state index contributed by atoms with van der Waals surface area (Å²) in [5.41, 5.74) is 4.93. The van der Waals surface area contributed by atoms with E-state index in [4.69, 9.17) is 5.73 Å². The fourth-order valence-corrected chi connectivity index (χ4v) is 2.38. The maximum absolute atomic E-state index is 11.4. The number of methoxy groups -OCH3 is 1. The molecular weight excluding hydrogens is 264 g/mol. The summed E-state index contributed by atoms with van der Waals surface area (Å²) in [7, 11) is 1.34. The van der Waals surface area contributed by atoms with Crippen molar-refractivity contribution in [1.82, 2.24) is 5.32 Å². The molecule has 3 N–H and O–H groups in total. The smallest absolute Gasteiger partial charge is 0.325 e. The van der Waals surface area contributed by atoms with Crippen molar-refractivity contribution in [2.24, 2.45) is 5.73 Å². The Morgan fingerprint density at radius 1 is 1.37 bits per heavy atom. The second kappa shape index (κ2) is 9.20. The number of carbonyl (C=O) groups is 2. The Kier molecular flexibility index (Phi) is 8.84. The van der Waals surface area contributed by atoms with E-state index in [9.17, 15) is 9.59 Å². The van der Waals surface area contributed by atoms with E-state index in [0.29, 0.717) is 12.2 Å². The van der Waals surface area contributed by atoms with Gasteiger partial charge in [-0.05, 0) is 39.4 Å². The summed E-state index contributed by atoms with van der Waals surface area (Å²) in [6, 6.07) is 0.186. The lowest BCUT2D eigenvalue weighted by molar-refractivity contribution is -0.146. The Labute approximate surface area is 120 Å². The maximum atomic E-state index is 11.4. The molecule has 0 rings (SSSR count). The van der Waals surface area contributed by atoms with E-state index in [-0.39, 0.29) is 17.9 Å². The summed E-state index contributed by atoms with van der Waals surface area (Å²) in [5, 5.41) is 2.84. The third-order valence-corrected chi connectivity index (χ3v) is 3.61. The van der Waals surface area contributed by atoms with E-state index < -0.39 is 5.54 Å². The lowest BCUT2D eigenvalue weighted by Crippen LogP contribution is -2.45. The number of amides is 1. The lowest BCUT2D eigenvalue weighted by atomic mass is 9.97. The van der Waals surface area contributed by atoms with Gasteiger partial charge < -0.3 is 15.8 Å². The van der Waals surface area contributed by atoms with Crippen molar-refractivity contribution in [2.75, 3.05) is 18.6 Å². The number of nitrogens with one attached hydrogen (secondary N) is 1. The molecule has 5 nitrogen and oxygen atoms in total. The van der Waals surface area contributed by atoms with Gasteiger partial charge in [0.15, 0.2) is 0 Å². The van der Waals surface area contributed by atoms with Crippen molar-refractivity contribution < 1.29 is 14.3 Å². The van der Waals surface area contributed by atoms with Gasteiger partial charge in [0.2, 0.25) is 5.91 Å². The second-order valence-electron chi connectivity index (χ2n) is 5.14. The number of ether oxygens (including phenoxy) is 1. The Morgan fingerprint density at radius 3 is 2.53 bits per heavy atom. The number of thioether (sulfide) groups is 1. The fourth-order valence-electron chi connectivity index (χ4n) is 1.56. The molecule has 0 aliphatic rings. The monoisotopic (exact) mass is 290 g/mol. The van der Waals surface area contributed by atoms with Crippen molar-refractivity contribution in [3.05, 3.63) is 0 Å². The largest absolute Gasteiger partial charge is 0.468 e. The van der Waals surface area contributed by atoms with Crippen molar-refractivity contribution in [3.8, 4) is 0 Å². The third kappa shape index (κ3) is 8.88. The van der Waals surface area contributed by atoms with Gasteiger partial charge in [-0.25, -0.2) is 0 Å². The van der Waals surface area contributed by atoms with Gasteiger partial charge in [0.05, 0.1) is 12.9 Å². The molecule has 112 valence electrons. The minimum atomic E-state index is -0.908. The summed E-state index contributed by atoms with van der Waals surface area (Å²) in [6.07, 6.45) is 2.38. The predicted octanol–water partition coefficient (Wildman–Crippen LogP) is 1.30. The molecule has 0 saturated carbocycles. The van der Waals surface area contributed by atoms with Gasteiger partial charge in [0.25, 0.3) is 0 Å². The van der Waals surface area contributed by atoms with E-state index in [1.165, 1.54) is 7.11 Å². The Bertz CT molecular complexity index is 294. The maximum Gasteiger partial charge on any atom is 0.325 e. The van der Waals surface area contributed by atoms with Crippen LogP contribution in [0.4, 0.5) is 0 Å². The number of unbranched alkanes of at least 4 members (excludes halogenated alkanes) is 1. The first-order valence-corrected chi connectivity index (χ1v) is 7.69. The molecule has 0 heterocycles. The number of esters is 1. The van der Waals surface area contributed by atoms with Crippen LogP contribution >= 0.6 is 11.8 Å². The van der Waals surface area contributed by atoms with E-state index in [1.54, 1.807) is 18.7 Å².